The highest BCUT2D eigenvalue weighted by Gasteiger charge is 2.25. The lowest BCUT2D eigenvalue weighted by molar-refractivity contribution is 0.479. The Balaban J connectivity index is 1.55. The maximum Gasteiger partial charge on any atom is 0.262 e. The molecular formula is C23H23FN6O2S. The third-order valence-electron chi connectivity index (χ3n) is 6.06. The van der Waals surface area contributed by atoms with Gasteiger partial charge in [-0.1, -0.05) is 37.1 Å². The Labute approximate surface area is 190 Å². The Morgan fingerprint density at radius 1 is 1.12 bits per heavy atom. The van der Waals surface area contributed by atoms with Crippen LogP contribution in [0.3, 0.4) is 0 Å². The van der Waals surface area contributed by atoms with E-state index in [-0.39, 0.29) is 22.4 Å². The quantitative estimate of drug-likeness (QED) is 0.449. The number of nitrogens with one attached hydrogen (secondary N) is 1. The van der Waals surface area contributed by atoms with E-state index in [1.165, 1.54) is 24.5 Å². The van der Waals surface area contributed by atoms with E-state index < -0.39 is 15.8 Å². The minimum absolute atomic E-state index is 0.0969. The van der Waals surface area contributed by atoms with Crippen LogP contribution >= 0.6 is 0 Å². The summed E-state index contributed by atoms with van der Waals surface area (Å²) in [7, 11) is -3.94. The molecule has 0 spiro atoms. The highest BCUT2D eigenvalue weighted by Crippen LogP contribution is 2.37. The van der Waals surface area contributed by atoms with Gasteiger partial charge in [-0.05, 0) is 43.5 Å². The van der Waals surface area contributed by atoms with Crippen molar-refractivity contribution in [2.75, 3.05) is 10.5 Å². The molecular weight excluding hydrogens is 443 g/mol. The summed E-state index contributed by atoms with van der Waals surface area (Å²) in [5.41, 5.74) is 8.13. The van der Waals surface area contributed by atoms with E-state index in [0.717, 1.165) is 25.7 Å². The van der Waals surface area contributed by atoms with Gasteiger partial charge in [-0.25, -0.2) is 27.5 Å². The summed E-state index contributed by atoms with van der Waals surface area (Å²) in [5.74, 6) is -0.451. The highest BCUT2D eigenvalue weighted by atomic mass is 32.2. The monoisotopic (exact) mass is 466 g/mol. The van der Waals surface area contributed by atoms with Crippen LogP contribution < -0.4 is 10.5 Å². The van der Waals surface area contributed by atoms with E-state index in [4.69, 9.17) is 10.8 Å². The van der Waals surface area contributed by atoms with Gasteiger partial charge in [-0.2, -0.15) is 5.10 Å². The maximum absolute atomic E-state index is 15.1. The van der Waals surface area contributed by atoms with Crippen molar-refractivity contribution in [1.29, 1.82) is 0 Å². The molecule has 33 heavy (non-hydrogen) atoms. The third kappa shape index (κ3) is 3.80. The average molecular weight is 467 g/mol. The Kier molecular flexibility index (Phi) is 5.24. The van der Waals surface area contributed by atoms with Crippen molar-refractivity contribution in [3.8, 4) is 11.3 Å². The highest BCUT2D eigenvalue weighted by molar-refractivity contribution is 7.92. The Morgan fingerprint density at radius 2 is 1.88 bits per heavy atom. The normalized spacial score (nSPS) is 14.7. The molecule has 3 N–H and O–H groups in total. The number of aryl methyl sites for hydroxylation is 1. The van der Waals surface area contributed by atoms with Gasteiger partial charge in [0.25, 0.3) is 10.0 Å². The van der Waals surface area contributed by atoms with Gasteiger partial charge < -0.3 is 5.73 Å². The number of fused-ring (bicyclic) bond motifs is 1. The molecule has 2 aromatic carbocycles. The van der Waals surface area contributed by atoms with Gasteiger partial charge in [0.05, 0.1) is 22.0 Å². The number of nitrogens with two attached hydrogens (primary N) is 1. The van der Waals surface area contributed by atoms with Gasteiger partial charge in [0.15, 0.2) is 5.65 Å². The number of rotatable bonds is 5. The smallest absolute Gasteiger partial charge is 0.262 e. The fourth-order valence-corrected chi connectivity index (χ4v) is 5.72. The number of nitrogens with zero attached hydrogens (tertiary/aromatic N) is 4. The Morgan fingerprint density at radius 3 is 2.61 bits per heavy atom. The molecule has 1 saturated carbocycles. The van der Waals surface area contributed by atoms with Crippen molar-refractivity contribution >= 4 is 32.6 Å². The average Bonchev–Trinajstić information content (AvgIpc) is 3.44. The van der Waals surface area contributed by atoms with E-state index in [0.29, 0.717) is 27.9 Å². The number of hydrogen-bond donors (Lipinski definition) is 2. The molecule has 0 radical (unpaired) electrons. The number of nitrogen functional groups attached to an aromatic ring is 1. The van der Waals surface area contributed by atoms with Crippen LogP contribution in [0.5, 0.6) is 0 Å². The van der Waals surface area contributed by atoms with E-state index in [1.54, 1.807) is 31.2 Å². The molecule has 0 unspecified atom stereocenters. The summed E-state index contributed by atoms with van der Waals surface area (Å²) in [5, 5.41) is 5.30. The minimum atomic E-state index is -3.94. The molecule has 170 valence electrons. The second-order valence-electron chi connectivity index (χ2n) is 8.25. The first-order chi connectivity index (χ1) is 15.8. The fraction of sp³-hybridized carbons (Fsp3) is 0.261. The lowest BCUT2D eigenvalue weighted by Gasteiger charge is -2.12. The van der Waals surface area contributed by atoms with E-state index in [1.807, 2.05) is 4.68 Å². The first-order valence-electron chi connectivity index (χ1n) is 10.7. The van der Waals surface area contributed by atoms with E-state index >= 15 is 4.39 Å². The Bertz CT molecular complexity index is 1460. The maximum atomic E-state index is 15.1. The van der Waals surface area contributed by atoms with Crippen LogP contribution in [0.15, 0.2) is 53.7 Å². The lowest BCUT2D eigenvalue weighted by Crippen LogP contribution is -2.15. The van der Waals surface area contributed by atoms with Crippen molar-refractivity contribution in [3.05, 3.63) is 60.2 Å². The van der Waals surface area contributed by atoms with Crippen LogP contribution in [-0.4, -0.2) is 28.2 Å². The summed E-state index contributed by atoms with van der Waals surface area (Å²) in [6.07, 6.45) is 5.62. The number of aromatic nitrogens is 4. The lowest BCUT2D eigenvalue weighted by atomic mass is 10.1. The van der Waals surface area contributed by atoms with E-state index in [2.05, 4.69) is 14.7 Å². The molecule has 0 saturated heterocycles. The van der Waals surface area contributed by atoms with Crippen LogP contribution in [-0.2, 0) is 10.0 Å². The van der Waals surface area contributed by atoms with Crippen molar-refractivity contribution in [2.24, 2.45) is 0 Å². The molecule has 0 amide bonds. The Hall–Kier alpha value is -3.53. The molecule has 1 aliphatic rings. The number of halogens is 1. The first kappa shape index (κ1) is 21.3. The van der Waals surface area contributed by atoms with Crippen LogP contribution in [0.2, 0.25) is 0 Å². The van der Waals surface area contributed by atoms with Crippen molar-refractivity contribution in [3.63, 3.8) is 0 Å². The van der Waals surface area contributed by atoms with Gasteiger partial charge in [-0.15, -0.1) is 0 Å². The molecule has 1 fully saturated rings. The van der Waals surface area contributed by atoms with Crippen LogP contribution in [0.4, 0.5) is 15.9 Å². The minimum Gasteiger partial charge on any atom is -0.383 e. The second-order valence-corrected chi connectivity index (χ2v) is 9.91. The molecule has 2 heterocycles. The number of hydrogen-bond acceptors (Lipinski definition) is 6. The van der Waals surface area contributed by atoms with Crippen molar-refractivity contribution in [2.45, 2.75) is 43.5 Å². The summed E-state index contributed by atoms with van der Waals surface area (Å²) in [6, 6.07) is 11.0. The molecule has 0 atom stereocenters. The molecule has 10 heteroatoms. The topological polar surface area (TPSA) is 116 Å². The molecule has 8 nitrogen and oxygen atoms in total. The predicted molar refractivity (Wildman–Crippen MR) is 125 cm³/mol. The molecule has 0 aliphatic heterocycles. The molecule has 0 bridgehead atoms. The zero-order valence-corrected chi connectivity index (χ0v) is 18.8. The molecule has 4 aromatic rings. The third-order valence-corrected chi connectivity index (χ3v) is 7.58. The second kappa shape index (κ2) is 8.11. The van der Waals surface area contributed by atoms with Gasteiger partial charge in [0.2, 0.25) is 0 Å². The standard InChI is InChI=1S/C23H23FN6O2S/c1-14-6-2-5-9-19(14)33(31,32)29-18-11-10-15(12-17(18)24)21-20-22(25)26-13-27-23(20)30(28-21)16-7-3-4-8-16/h2,5-6,9-13,16,29H,3-4,7-8H2,1H3,(H2,25,26,27). The van der Waals surface area contributed by atoms with Crippen molar-refractivity contribution in [1.82, 2.24) is 19.7 Å². The summed E-state index contributed by atoms with van der Waals surface area (Å²) in [4.78, 5) is 8.58. The van der Waals surface area contributed by atoms with Gasteiger partial charge in [-0.3, -0.25) is 4.72 Å². The SMILES string of the molecule is Cc1ccccc1S(=O)(=O)Nc1ccc(-c2nn(C3CCCC3)c3ncnc(N)c23)cc1F. The van der Waals surface area contributed by atoms with Crippen LogP contribution in [0.1, 0.15) is 37.3 Å². The van der Waals surface area contributed by atoms with Gasteiger partial charge in [0.1, 0.15) is 23.7 Å². The number of sulfonamides is 1. The zero-order chi connectivity index (χ0) is 23.2. The van der Waals surface area contributed by atoms with Gasteiger partial charge >= 0.3 is 0 Å². The van der Waals surface area contributed by atoms with Crippen LogP contribution in [0.25, 0.3) is 22.3 Å². The summed E-state index contributed by atoms with van der Waals surface area (Å²) in [6.45, 7) is 1.69. The first-order valence-corrected chi connectivity index (χ1v) is 12.2. The largest absolute Gasteiger partial charge is 0.383 e. The molecule has 2 aromatic heterocycles. The summed E-state index contributed by atoms with van der Waals surface area (Å²) >= 11 is 0. The fourth-order valence-electron chi connectivity index (χ4n) is 4.40. The van der Waals surface area contributed by atoms with Crippen LogP contribution in [0, 0.1) is 12.7 Å². The van der Waals surface area contributed by atoms with E-state index in [9.17, 15) is 8.42 Å². The summed E-state index contributed by atoms with van der Waals surface area (Å²) < 4.78 is 44.8. The molecule has 5 rings (SSSR count). The predicted octanol–water partition coefficient (Wildman–Crippen LogP) is 4.44. The number of benzene rings is 2. The molecule has 1 aliphatic carbocycles. The zero-order valence-electron chi connectivity index (χ0n) is 18.0. The number of anilines is 2. The van der Waals surface area contributed by atoms with Crippen molar-refractivity contribution < 1.29 is 12.8 Å². The van der Waals surface area contributed by atoms with Gasteiger partial charge in [0, 0.05) is 5.56 Å².